The fourth-order valence-corrected chi connectivity index (χ4v) is 0.602. The summed E-state index contributed by atoms with van der Waals surface area (Å²) in [5, 5.41) is 2.22. The first-order chi connectivity index (χ1) is 5.07. The quantitative estimate of drug-likeness (QED) is 0.652. The van der Waals surface area contributed by atoms with Crippen molar-refractivity contribution in [2.24, 2.45) is 5.92 Å². The maximum absolute atomic E-state index is 10.9. The summed E-state index contributed by atoms with van der Waals surface area (Å²) in [4.78, 5) is 21.6. The first-order valence-electron chi connectivity index (χ1n) is 3.47. The number of amides is 2. The van der Waals surface area contributed by atoms with Crippen molar-refractivity contribution < 1.29 is 9.59 Å². The van der Waals surface area contributed by atoms with E-state index in [9.17, 15) is 9.59 Å². The maximum atomic E-state index is 10.9. The van der Waals surface area contributed by atoms with Gasteiger partial charge in [-0.15, -0.1) is 11.6 Å². The van der Waals surface area contributed by atoms with Crippen LogP contribution in [0.3, 0.4) is 0 Å². The smallest absolute Gasteiger partial charge is 0.229 e. The van der Waals surface area contributed by atoms with Crippen LogP contribution in [0.2, 0.25) is 0 Å². The number of carbonyl (C=O) groups excluding carboxylic acids is 2. The van der Waals surface area contributed by atoms with E-state index in [0.717, 1.165) is 0 Å². The topological polar surface area (TPSA) is 46.2 Å². The molecule has 0 bridgehead atoms. The predicted octanol–water partition coefficient (Wildman–Crippen LogP) is 0.914. The van der Waals surface area contributed by atoms with Gasteiger partial charge in [0.25, 0.3) is 0 Å². The van der Waals surface area contributed by atoms with Crippen LogP contribution in [0.15, 0.2) is 0 Å². The van der Waals surface area contributed by atoms with Gasteiger partial charge in [0.1, 0.15) is 0 Å². The molecule has 0 spiro atoms. The second kappa shape index (κ2) is 5.13. The van der Waals surface area contributed by atoms with E-state index in [-0.39, 0.29) is 30.0 Å². The lowest BCUT2D eigenvalue weighted by Crippen LogP contribution is -2.33. The Bertz CT molecular complexity index is 157. The Kier molecular flexibility index (Phi) is 4.86. The highest BCUT2D eigenvalue weighted by atomic mass is 35.5. The van der Waals surface area contributed by atoms with Gasteiger partial charge in [-0.05, 0) is 0 Å². The van der Waals surface area contributed by atoms with E-state index < -0.39 is 0 Å². The largest absolute Gasteiger partial charge is 0.296 e. The molecule has 3 nitrogen and oxygen atoms in total. The molecule has 0 radical (unpaired) electrons. The molecule has 0 atom stereocenters. The van der Waals surface area contributed by atoms with Crippen molar-refractivity contribution in [3.8, 4) is 0 Å². The minimum atomic E-state index is -0.307. The van der Waals surface area contributed by atoms with Crippen molar-refractivity contribution >= 4 is 23.4 Å². The van der Waals surface area contributed by atoms with Crippen molar-refractivity contribution in [2.75, 3.05) is 5.88 Å². The van der Waals surface area contributed by atoms with Crippen molar-refractivity contribution in [3.63, 3.8) is 0 Å². The highest BCUT2D eigenvalue weighted by molar-refractivity contribution is 6.19. The molecule has 0 aliphatic rings. The van der Waals surface area contributed by atoms with Crippen LogP contribution in [0.4, 0.5) is 0 Å². The monoisotopic (exact) mass is 177 g/mol. The van der Waals surface area contributed by atoms with Crippen LogP contribution in [0.25, 0.3) is 0 Å². The lowest BCUT2D eigenvalue weighted by atomic mass is 10.2. The molecule has 1 N–H and O–H groups in total. The number of nitrogens with one attached hydrogen (secondary N) is 1. The van der Waals surface area contributed by atoms with Crippen LogP contribution in [-0.2, 0) is 9.59 Å². The summed E-state index contributed by atoms with van der Waals surface area (Å²) in [5.74, 6) is -0.467. The standard InChI is InChI=1S/C7H12ClNO2/c1-5(2)7(11)9-6(10)3-4-8/h5H,3-4H2,1-2H3,(H,9,10,11). The summed E-state index contributed by atoms with van der Waals surface area (Å²) in [6, 6.07) is 0. The van der Waals surface area contributed by atoms with Crippen molar-refractivity contribution in [1.29, 1.82) is 0 Å². The average Bonchev–Trinajstić information content (AvgIpc) is 1.87. The molecule has 0 saturated heterocycles. The lowest BCUT2D eigenvalue weighted by molar-refractivity contribution is -0.131. The summed E-state index contributed by atoms with van der Waals surface area (Å²) in [6.07, 6.45) is 0.194. The number of alkyl halides is 1. The van der Waals surface area contributed by atoms with Gasteiger partial charge in [-0.25, -0.2) is 0 Å². The molecule has 0 aliphatic carbocycles. The van der Waals surface area contributed by atoms with Crippen LogP contribution in [0.5, 0.6) is 0 Å². The Morgan fingerprint density at radius 2 is 2.00 bits per heavy atom. The van der Waals surface area contributed by atoms with E-state index in [1.165, 1.54) is 0 Å². The molecule has 0 aromatic carbocycles. The SMILES string of the molecule is CC(C)C(=O)NC(=O)CCCl. The van der Waals surface area contributed by atoms with Gasteiger partial charge in [0.2, 0.25) is 11.8 Å². The Labute approximate surface area is 71.1 Å². The molecule has 2 amide bonds. The van der Waals surface area contributed by atoms with E-state index in [0.29, 0.717) is 0 Å². The molecular formula is C7H12ClNO2. The number of imide groups is 1. The van der Waals surface area contributed by atoms with Crippen LogP contribution in [0, 0.1) is 5.92 Å². The second-order valence-corrected chi connectivity index (χ2v) is 2.88. The summed E-state index contributed by atoms with van der Waals surface area (Å²) < 4.78 is 0. The number of hydrogen-bond donors (Lipinski definition) is 1. The summed E-state index contributed by atoms with van der Waals surface area (Å²) >= 11 is 5.29. The normalized spacial score (nSPS) is 9.82. The number of hydrogen-bond acceptors (Lipinski definition) is 2. The van der Waals surface area contributed by atoms with Gasteiger partial charge in [-0.2, -0.15) is 0 Å². The van der Waals surface area contributed by atoms with Crippen molar-refractivity contribution in [1.82, 2.24) is 5.32 Å². The Hall–Kier alpha value is -0.570. The predicted molar refractivity (Wildman–Crippen MR) is 43.3 cm³/mol. The number of halogens is 1. The molecule has 0 aliphatic heterocycles. The van der Waals surface area contributed by atoms with Gasteiger partial charge in [0.15, 0.2) is 0 Å². The van der Waals surface area contributed by atoms with E-state index >= 15 is 0 Å². The molecule has 0 saturated carbocycles. The van der Waals surface area contributed by atoms with E-state index in [4.69, 9.17) is 11.6 Å². The molecule has 0 rings (SSSR count). The summed E-state index contributed by atoms with van der Waals surface area (Å²) in [6.45, 7) is 3.45. The van der Waals surface area contributed by atoms with Gasteiger partial charge in [0.05, 0.1) is 0 Å². The Morgan fingerprint density at radius 3 is 2.36 bits per heavy atom. The van der Waals surface area contributed by atoms with Crippen molar-refractivity contribution in [2.45, 2.75) is 20.3 Å². The molecule has 0 aromatic rings. The highest BCUT2D eigenvalue weighted by Gasteiger charge is 2.09. The fraction of sp³-hybridized carbons (Fsp3) is 0.714. The third kappa shape index (κ3) is 4.79. The van der Waals surface area contributed by atoms with Gasteiger partial charge < -0.3 is 0 Å². The Morgan fingerprint density at radius 1 is 1.45 bits per heavy atom. The maximum Gasteiger partial charge on any atom is 0.229 e. The molecule has 0 unspecified atom stereocenters. The first kappa shape index (κ1) is 10.4. The third-order valence-electron chi connectivity index (χ3n) is 1.11. The lowest BCUT2D eigenvalue weighted by Gasteiger charge is -2.04. The molecule has 4 heteroatoms. The first-order valence-corrected chi connectivity index (χ1v) is 4.01. The van der Waals surface area contributed by atoms with Crippen LogP contribution in [0.1, 0.15) is 20.3 Å². The van der Waals surface area contributed by atoms with Crippen LogP contribution < -0.4 is 5.32 Å². The molecule has 0 fully saturated rings. The average molecular weight is 178 g/mol. The zero-order valence-corrected chi connectivity index (χ0v) is 7.44. The van der Waals surface area contributed by atoms with E-state index in [2.05, 4.69) is 5.32 Å². The molecule has 0 heterocycles. The van der Waals surface area contributed by atoms with Crippen molar-refractivity contribution in [3.05, 3.63) is 0 Å². The second-order valence-electron chi connectivity index (χ2n) is 2.51. The molecule has 11 heavy (non-hydrogen) atoms. The van der Waals surface area contributed by atoms with Crippen LogP contribution in [-0.4, -0.2) is 17.7 Å². The molecule has 64 valence electrons. The van der Waals surface area contributed by atoms with E-state index in [1.807, 2.05) is 0 Å². The van der Waals surface area contributed by atoms with Gasteiger partial charge in [-0.1, -0.05) is 13.8 Å². The molecular weight excluding hydrogens is 166 g/mol. The zero-order valence-electron chi connectivity index (χ0n) is 6.69. The van der Waals surface area contributed by atoms with Gasteiger partial charge >= 0.3 is 0 Å². The minimum Gasteiger partial charge on any atom is -0.296 e. The summed E-state index contributed by atoms with van der Waals surface area (Å²) in [5.41, 5.74) is 0. The zero-order chi connectivity index (χ0) is 8.85. The molecule has 0 aromatic heterocycles. The van der Waals surface area contributed by atoms with Crippen LogP contribution >= 0.6 is 11.6 Å². The fourth-order valence-electron chi connectivity index (χ4n) is 0.430. The highest BCUT2D eigenvalue weighted by Crippen LogP contribution is 1.91. The number of carbonyl (C=O) groups is 2. The Balaban J connectivity index is 3.67. The third-order valence-corrected chi connectivity index (χ3v) is 1.30. The van der Waals surface area contributed by atoms with Gasteiger partial charge in [0, 0.05) is 18.2 Å². The minimum absolute atomic E-state index is 0.158. The van der Waals surface area contributed by atoms with E-state index in [1.54, 1.807) is 13.8 Å². The number of rotatable bonds is 3. The van der Waals surface area contributed by atoms with Gasteiger partial charge in [-0.3, -0.25) is 14.9 Å². The summed E-state index contributed by atoms with van der Waals surface area (Å²) in [7, 11) is 0.